The largest absolute Gasteiger partial charge is 0.478 e. The molecule has 2 heterocycles. The molecule has 0 bridgehead atoms. The third-order valence-corrected chi connectivity index (χ3v) is 4.64. The molecule has 0 fully saturated rings. The Kier molecular flexibility index (Phi) is 3.43. The number of nitrogens with one attached hydrogen (secondary N) is 1. The number of benzene rings is 1. The van der Waals surface area contributed by atoms with Crippen molar-refractivity contribution in [2.75, 3.05) is 5.32 Å². The summed E-state index contributed by atoms with van der Waals surface area (Å²) in [5.74, 6) is -0.218. The number of anilines is 1. The number of fused-ring (bicyclic) bond motifs is 2. The molecule has 1 aliphatic carbocycles. The van der Waals surface area contributed by atoms with Gasteiger partial charge in [-0.15, -0.1) is 0 Å². The van der Waals surface area contributed by atoms with Crippen molar-refractivity contribution >= 4 is 29.2 Å². The van der Waals surface area contributed by atoms with Gasteiger partial charge in [0.15, 0.2) is 0 Å². The quantitative estimate of drug-likeness (QED) is 0.821. The summed E-state index contributed by atoms with van der Waals surface area (Å²) in [5.41, 5.74) is 2.86. The third-order valence-electron chi connectivity index (χ3n) is 4.64. The van der Waals surface area contributed by atoms with Crippen molar-refractivity contribution in [2.24, 2.45) is 0 Å². The smallest absolute Gasteiger partial charge is 0.335 e. The van der Waals surface area contributed by atoms with Gasteiger partial charge in [-0.25, -0.2) is 4.79 Å². The second kappa shape index (κ2) is 5.64. The number of hydrogen-bond donors (Lipinski definition) is 2. The number of furan rings is 1. The second-order valence-corrected chi connectivity index (χ2v) is 6.14. The lowest BCUT2D eigenvalue weighted by Gasteiger charge is -2.07. The Labute approximate surface area is 143 Å². The van der Waals surface area contributed by atoms with Crippen LogP contribution in [0.15, 0.2) is 22.6 Å². The maximum absolute atomic E-state index is 12.3. The van der Waals surface area contributed by atoms with Crippen LogP contribution in [-0.4, -0.2) is 17.0 Å². The van der Waals surface area contributed by atoms with Gasteiger partial charge < -0.3 is 14.8 Å². The molecule has 2 aromatic rings. The number of carbonyl (C=O) groups is 2. The van der Waals surface area contributed by atoms with E-state index in [0.29, 0.717) is 28.1 Å². The van der Waals surface area contributed by atoms with Gasteiger partial charge in [0, 0.05) is 23.2 Å². The number of aromatic carboxylic acids is 1. The first kappa shape index (κ1) is 15.2. The molecule has 2 aliphatic rings. The number of carboxylic acids is 1. The van der Waals surface area contributed by atoms with E-state index in [-0.39, 0.29) is 11.5 Å². The average molecular weight is 334 g/mol. The van der Waals surface area contributed by atoms with Crippen LogP contribution < -0.4 is 5.32 Å². The fourth-order valence-electron chi connectivity index (χ4n) is 3.41. The van der Waals surface area contributed by atoms with Crippen molar-refractivity contribution < 1.29 is 19.1 Å². The molecule has 6 heteroatoms. The van der Waals surface area contributed by atoms with Gasteiger partial charge >= 0.3 is 5.97 Å². The van der Waals surface area contributed by atoms with Crippen molar-refractivity contribution in [1.82, 2.24) is 0 Å². The van der Waals surface area contributed by atoms with E-state index in [1.54, 1.807) is 12.1 Å². The number of nitriles is 1. The summed E-state index contributed by atoms with van der Waals surface area (Å²) in [6.07, 6.45) is 5.18. The minimum absolute atomic E-state index is 0.0976. The van der Waals surface area contributed by atoms with Gasteiger partial charge in [-0.05, 0) is 43.5 Å². The van der Waals surface area contributed by atoms with E-state index in [1.165, 1.54) is 12.1 Å². The normalized spacial score (nSPS) is 16.9. The van der Waals surface area contributed by atoms with Gasteiger partial charge in [0.2, 0.25) is 0 Å². The molecule has 0 saturated heterocycles. The van der Waals surface area contributed by atoms with Crippen LogP contribution in [-0.2, 0) is 17.6 Å². The molecule has 1 aliphatic heterocycles. The molecule has 0 spiro atoms. The van der Waals surface area contributed by atoms with Gasteiger partial charge in [0.1, 0.15) is 23.2 Å². The Bertz CT molecular complexity index is 992. The van der Waals surface area contributed by atoms with Gasteiger partial charge in [0.25, 0.3) is 5.91 Å². The Hall–Kier alpha value is -3.33. The summed E-state index contributed by atoms with van der Waals surface area (Å²) in [4.78, 5) is 23.5. The molecule has 4 rings (SSSR count). The average Bonchev–Trinajstić information content (AvgIpc) is 3.11. The highest BCUT2D eigenvalue weighted by Gasteiger charge is 2.28. The standard InChI is InChI=1S/C19H14N2O4/c20-9-14-11-3-1-2-4-16(11)25-17(14)8-13-12-7-10(19(23)24)5-6-15(12)21-18(13)22/h5-8H,1-4H2,(H,21,22)(H,23,24). The topological polar surface area (TPSA) is 103 Å². The highest BCUT2D eigenvalue weighted by molar-refractivity contribution is 6.35. The Morgan fingerprint density at radius 3 is 2.88 bits per heavy atom. The molecule has 124 valence electrons. The van der Waals surface area contributed by atoms with Crippen molar-refractivity contribution in [3.8, 4) is 6.07 Å². The number of hydrogen-bond acceptors (Lipinski definition) is 4. The zero-order chi connectivity index (χ0) is 17.6. The van der Waals surface area contributed by atoms with Crippen molar-refractivity contribution in [2.45, 2.75) is 25.7 Å². The van der Waals surface area contributed by atoms with Crippen molar-refractivity contribution in [1.29, 1.82) is 5.26 Å². The Balaban J connectivity index is 1.85. The number of rotatable bonds is 2. The lowest BCUT2D eigenvalue weighted by molar-refractivity contribution is -0.110. The Morgan fingerprint density at radius 1 is 1.32 bits per heavy atom. The van der Waals surface area contributed by atoms with E-state index in [0.717, 1.165) is 37.0 Å². The van der Waals surface area contributed by atoms with Crippen LogP contribution in [0.1, 0.15) is 51.4 Å². The van der Waals surface area contributed by atoms with Gasteiger partial charge in [-0.3, -0.25) is 4.79 Å². The first-order valence-electron chi connectivity index (χ1n) is 8.04. The zero-order valence-electron chi connectivity index (χ0n) is 13.3. The molecule has 1 aromatic heterocycles. The van der Waals surface area contributed by atoms with E-state index >= 15 is 0 Å². The Morgan fingerprint density at radius 2 is 2.12 bits per heavy atom. The molecule has 6 nitrogen and oxygen atoms in total. The van der Waals surface area contributed by atoms with Gasteiger partial charge in [0.05, 0.1) is 11.1 Å². The summed E-state index contributed by atoms with van der Waals surface area (Å²) < 4.78 is 5.84. The molecule has 2 N–H and O–H groups in total. The van der Waals surface area contributed by atoms with E-state index in [9.17, 15) is 14.9 Å². The van der Waals surface area contributed by atoms with Crippen LogP contribution in [0.3, 0.4) is 0 Å². The predicted octanol–water partition coefficient (Wildman–Crippen LogP) is 3.22. The predicted molar refractivity (Wildman–Crippen MR) is 90.0 cm³/mol. The van der Waals surface area contributed by atoms with Crippen LogP contribution in [0, 0.1) is 11.3 Å². The van der Waals surface area contributed by atoms with Crippen LogP contribution in [0.25, 0.3) is 11.6 Å². The van der Waals surface area contributed by atoms with Crippen LogP contribution in [0.2, 0.25) is 0 Å². The minimum atomic E-state index is -1.06. The number of nitrogens with zero attached hydrogens (tertiary/aromatic N) is 1. The molecule has 0 radical (unpaired) electrons. The monoisotopic (exact) mass is 334 g/mol. The maximum atomic E-state index is 12.3. The lowest BCUT2D eigenvalue weighted by Crippen LogP contribution is -2.03. The lowest BCUT2D eigenvalue weighted by atomic mass is 9.94. The number of aryl methyl sites for hydroxylation is 1. The molecule has 1 amide bonds. The molecular formula is C19H14N2O4. The maximum Gasteiger partial charge on any atom is 0.335 e. The first-order valence-corrected chi connectivity index (χ1v) is 8.04. The van der Waals surface area contributed by atoms with E-state index in [4.69, 9.17) is 9.52 Å². The van der Waals surface area contributed by atoms with E-state index in [1.807, 2.05) is 0 Å². The van der Waals surface area contributed by atoms with Crippen LogP contribution in [0.4, 0.5) is 5.69 Å². The number of amides is 1. The molecule has 1 aromatic carbocycles. The fraction of sp³-hybridized carbons (Fsp3) is 0.211. The molecule has 25 heavy (non-hydrogen) atoms. The molecule has 0 unspecified atom stereocenters. The van der Waals surface area contributed by atoms with Gasteiger partial charge in [-0.2, -0.15) is 5.26 Å². The SMILES string of the molecule is N#Cc1c(C=C2C(=O)Nc3ccc(C(=O)O)cc32)oc2c1CCCC2. The summed E-state index contributed by atoms with van der Waals surface area (Å²) in [5, 5.41) is 21.4. The fourth-order valence-corrected chi connectivity index (χ4v) is 3.41. The van der Waals surface area contributed by atoms with E-state index < -0.39 is 5.97 Å². The highest BCUT2D eigenvalue weighted by Crippen LogP contribution is 2.36. The first-order chi connectivity index (χ1) is 12.1. The van der Waals surface area contributed by atoms with Crippen molar-refractivity contribution in [3.63, 3.8) is 0 Å². The zero-order valence-corrected chi connectivity index (χ0v) is 13.3. The molecular weight excluding hydrogens is 320 g/mol. The van der Waals surface area contributed by atoms with E-state index in [2.05, 4.69) is 11.4 Å². The summed E-state index contributed by atoms with van der Waals surface area (Å²) in [6.45, 7) is 0. The van der Waals surface area contributed by atoms with Crippen molar-refractivity contribution in [3.05, 3.63) is 52.0 Å². The molecule has 0 atom stereocenters. The number of carbonyl (C=O) groups excluding carboxylic acids is 1. The highest BCUT2D eigenvalue weighted by atomic mass is 16.4. The third kappa shape index (κ3) is 2.41. The van der Waals surface area contributed by atoms with Gasteiger partial charge in [-0.1, -0.05) is 0 Å². The number of carboxylic acid groups (broad SMARTS) is 1. The molecule has 0 saturated carbocycles. The van der Waals surface area contributed by atoms with Crippen LogP contribution >= 0.6 is 0 Å². The summed E-state index contributed by atoms with van der Waals surface area (Å²) >= 11 is 0. The second-order valence-electron chi connectivity index (χ2n) is 6.14. The minimum Gasteiger partial charge on any atom is -0.478 e. The van der Waals surface area contributed by atoms with Crippen LogP contribution in [0.5, 0.6) is 0 Å². The summed E-state index contributed by atoms with van der Waals surface area (Å²) in [7, 11) is 0. The summed E-state index contributed by atoms with van der Waals surface area (Å²) in [6, 6.07) is 6.64.